The number of morpholine rings is 1. The van der Waals surface area contributed by atoms with E-state index in [9.17, 15) is 4.79 Å². The summed E-state index contributed by atoms with van der Waals surface area (Å²) in [4.78, 5) is 23.1. The van der Waals surface area contributed by atoms with Gasteiger partial charge in [-0.05, 0) is 35.6 Å². The second kappa shape index (κ2) is 13.9. The smallest absolute Gasteiger partial charge is 0.407 e. The molecule has 1 amide bonds. The number of halogens is 1. The van der Waals surface area contributed by atoms with Gasteiger partial charge in [0.25, 0.3) is 0 Å². The van der Waals surface area contributed by atoms with Gasteiger partial charge in [0.1, 0.15) is 6.61 Å². The molecule has 1 unspecified atom stereocenters. The fourth-order valence-electron chi connectivity index (χ4n) is 4.14. The minimum absolute atomic E-state index is 0.107. The summed E-state index contributed by atoms with van der Waals surface area (Å²) in [6.45, 7) is 10.9. The normalized spacial score (nSPS) is 14.5. The van der Waals surface area contributed by atoms with Crippen molar-refractivity contribution >= 4 is 29.3 Å². The van der Waals surface area contributed by atoms with Crippen molar-refractivity contribution in [3.05, 3.63) is 83.5 Å². The number of alkyl carbamates (subject to hydrolysis) is 1. The molecule has 0 spiro atoms. The third-order valence-corrected chi connectivity index (χ3v) is 6.69. The molecule has 1 saturated heterocycles. The fourth-order valence-corrected chi connectivity index (χ4v) is 4.34. The molecule has 2 N–H and O–H groups in total. The Balaban J connectivity index is 1.34. The zero-order chi connectivity index (χ0) is 26.7. The first-order chi connectivity index (χ1) is 18.5. The quantitative estimate of drug-likeness (QED) is 0.316. The number of carbonyl (C=O) groups is 1. The highest BCUT2D eigenvalue weighted by atomic mass is 35.5. The molecule has 1 aromatic heterocycles. The molecule has 1 atom stereocenters. The average Bonchev–Trinajstić information content (AvgIpc) is 2.96. The standard InChI is InChI=1S/C29H34ClN5O3/c1-3-16-38-29(36)32-19-21(2)23-6-8-24(9-7-23)27-26(30)20-31-28(34-27)33-25-10-4-22(5-11-25)12-13-35-14-17-37-18-15-35/h3-11,20-21H,1,12-19H2,2H3,(H,32,36)(H,31,33,34). The Hall–Kier alpha value is -3.46. The van der Waals surface area contributed by atoms with Gasteiger partial charge in [-0.25, -0.2) is 14.8 Å². The molecule has 3 aromatic rings. The molecular formula is C29H34ClN5O3. The second-order valence-electron chi connectivity index (χ2n) is 9.21. The van der Waals surface area contributed by atoms with E-state index in [4.69, 9.17) is 21.1 Å². The summed E-state index contributed by atoms with van der Waals surface area (Å²) in [5, 5.41) is 6.51. The zero-order valence-electron chi connectivity index (χ0n) is 21.7. The van der Waals surface area contributed by atoms with Crippen molar-refractivity contribution in [1.29, 1.82) is 0 Å². The lowest BCUT2D eigenvalue weighted by Crippen LogP contribution is -2.37. The van der Waals surface area contributed by atoms with Crippen LogP contribution in [0.1, 0.15) is 24.0 Å². The van der Waals surface area contributed by atoms with Crippen LogP contribution in [0.2, 0.25) is 5.02 Å². The fraction of sp³-hybridized carbons (Fsp3) is 0.345. The summed E-state index contributed by atoms with van der Waals surface area (Å²) >= 11 is 6.45. The maximum Gasteiger partial charge on any atom is 0.407 e. The van der Waals surface area contributed by atoms with Crippen LogP contribution in [0, 0.1) is 0 Å². The summed E-state index contributed by atoms with van der Waals surface area (Å²) in [5.74, 6) is 0.584. The molecule has 4 rings (SSSR count). The number of hydrogen-bond donors (Lipinski definition) is 2. The minimum atomic E-state index is -0.455. The van der Waals surface area contributed by atoms with Gasteiger partial charge in [0.05, 0.1) is 30.1 Å². The van der Waals surface area contributed by atoms with Crippen molar-refractivity contribution < 1.29 is 14.3 Å². The molecular weight excluding hydrogens is 502 g/mol. The van der Waals surface area contributed by atoms with E-state index in [0.29, 0.717) is 23.2 Å². The molecule has 2 aromatic carbocycles. The molecule has 0 bridgehead atoms. The number of carbonyl (C=O) groups excluding carboxylic acids is 1. The first-order valence-corrected chi connectivity index (χ1v) is 13.2. The highest BCUT2D eigenvalue weighted by Gasteiger charge is 2.13. The van der Waals surface area contributed by atoms with Crippen LogP contribution in [-0.4, -0.2) is 67.0 Å². The number of nitrogens with zero attached hydrogens (tertiary/aromatic N) is 3. The lowest BCUT2D eigenvalue weighted by atomic mass is 9.99. The molecule has 0 saturated carbocycles. The third-order valence-electron chi connectivity index (χ3n) is 6.41. The van der Waals surface area contributed by atoms with E-state index in [0.717, 1.165) is 56.1 Å². The summed E-state index contributed by atoms with van der Waals surface area (Å²) in [5.41, 5.74) is 4.81. The zero-order valence-corrected chi connectivity index (χ0v) is 22.4. The third kappa shape index (κ3) is 8.02. The molecule has 2 heterocycles. The predicted octanol–water partition coefficient (Wildman–Crippen LogP) is 5.43. The average molecular weight is 536 g/mol. The van der Waals surface area contributed by atoms with Crippen molar-refractivity contribution in [1.82, 2.24) is 20.2 Å². The first kappa shape index (κ1) is 27.6. The molecule has 1 aliphatic rings. The Kier molecular flexibility index (Phi) is 10.1. The van der Waals surface area contributed by atoms with Crippen LogP contribution in [0.5, 0.6) is 0 Å². The maximum absolute atomic E-state index is 11.7. The molecule has 1 aliphatic heterocycles. The Morgan fingerprint density at radius 3 is 2.63 bits per heavy atom. The van der Waals surface area contributed by atoms with Crippen molar-refractivity contribution in [2.45, 2.75) is 19.3 Å². The SMILES string of the molecule is C=CCOC(=O)NCC(C)c1ccc(-c2nc(Nc3ccc(CCN4CCOCC4)cc3)ncc2Cl)cc1. The summed E-state index contributed by atoms with van der Waals surface area (Å²) < 4.78 is 10.4. The van der Waals surface area contributed by atoms with Crippen molar-refractivity contribution in [3.63, 3.8) is 0 Å². The molecule has 0 aliphatic carbocycles. The van der Waals surface area contributed by atoms with Crippen LogP contribution in [-0.2, 0) is 15.9 Å². The van der Waals surface area contributed by atoms with Gasteiger partial charge in [-0.1, -0.05) is 67.6 Å². The Morgan fingerprint density at radius 1 is 1.18 bits per heavy atom. The van der Waals surface area contributed by atoms with Gasteiger partial charge in [0, 0.05) is 37.4 Å². The van der Waals surface area contributed by atoms with Crippen LogP contribution in [0.3, 0.4) is 0 Å². The van der Waals surface area contributed by atoms with E-state index >= 15 is 0 Å². The molecule has 9 heteroatoms. The monoisotopic (exact) mass is 535 g/mol. The largest absolute Gasteiger partial charge is 0.445 e. The molecule has 8 nitrogen and oxygen atoms in total. The number of anilines is 2. The predicted molar refractivity (Wildman–Crippen MR) is 151 cm³/mol. The molecule has 200 valence electrons. The number of benzene rings is 2. The summed E-state index contributed by atoms with van der Waals surface area (Å²) in [6.07, 6.45) is 3.69. The Labute approximate surface area is 229 Å². The van der Waals surface area contributed by atoms with Crippen molar-refractivity contribution in [2.75, 3.05) is 51.3 Å². The number of rotatable bonds is 11. The van der Waals surface area contributed by atoms with Crippen LogP contribution in [0.25, 0.3) is 11.3 Å². The van der Waals surface area contributed by atoms with Crippen LogP contribution in [0.15, 0.2) is 67.4 Å². The highest BCUT2D eigenvalue weighted by molar-refractivity contribution is 6.32. The van der Waals surface area contributed by atoms with E-state index in [1.54, 1.807) is 6.20 Å². The topological polar surface area (TPSA) is 88.6 Å². The van der Waals surface area contributed by atoms with E-state index < -0.39 is 6.09 Å². The van der Waals surface area contributed by atoms with Crippen LogP contribution >= 0.6 is 11.6 Å². The van der Waals surface area contributed by atoms with Crippen LogP contribution in [0.4, 0.5) is 16.4 Å². The summed E-state index contributed by atoms with van der Waals surface area (Å²) in [6, 6.07) is 16.3. The van der Waals surface area contributed by atoms with E-state index in [-0.39, 0.29) is 12.5 Å². The van der Waals surface area contributed by atoms with Gasteiger partial charge < -0.3 is 20.1 Å². The van der Waals surface area contributed by atoms with Gasteiger partial charge in [-0.3, -0.25) is 4.90 Å². The maximum atomic E-state index is 11.7. The van der Waals surface area contributed by atoms with E-state index in [1.807, 2.05) is 43.3 Å². The number of hydrogen-bond acceptors (Lipinski definition) is 7. The molecule has 38 heavy (non-hydrogen) atoms. The number of ether oxygens (including phenoxy) is 2. The van der Waals surface area contributed by atoms with E-state index in [2.05, 4.69) is 44.2 Å². The lowest BCUT2D eigenvalue weighted by Gasteiger charge is -2.26. The second-order valence-corrected chi connectivity index (χ2v) is 9.61. The van der Waals surface area contributed by atoms with Crippen molar-refractivity contribution in [3.8, 4) is 11.3 Å². The van der Waals surface area contributed by atoms with Gasteiger partial charge >= 0.3 is 6.09 Å². The Bertz CT molecular complexity index is 1200. The number of amides is 1. The Morgan fingerprint density at radius 2 is 1.92 bits per heavy atom. The van der Waals surface area contributed by atoms with Gasteiger partial charge in [-0.2, -0.15) is 0 Å². The van der Waals surface area contributed by atoms with Crippen molar-refractivity contribution in [2.24, 2.45) is 0 Å². The number of aromatic nitrogens is 2. The van der Waals surface area contributed by atoms with Gasteiger partial charge in [0.15, 0.2) is 0 Å². The van der Waals surface area contributed by atoms with Gasteiger partial charge in [0.2, 0.25) is 5.95 Å². The van der Waals surface area contributed by atoms with Gasteiger partial charge in [-0.15, -0.1) is 0 Å². The molecule has 0 radical (unpaired) electrons. The lowest BCUT2D eigenvalue weighted by molar-refractivity contribution is 0.0384. The minimum Gasteiger partial charge on any atom is -0.445 e. The summed E-state index contributed by atoms with van der Waals surface area (Å²) in [7, 11) is 0. The first-order valence-electron chi connectivity index (χ1n) is 12.8. The number of nitrogens with one attached hydrogen (secondary N) is 2. The van der Waals surface area contributed by atoms with Crippen LogP contribution < -0.4 is 10.6 Å². The van der Waals surface area contributed by atoms with E-state index in [1.165, 1.54) is 11.6 Å². The molecule has 1 fully saturated rings. The highest BCUT2D eigenvalue weighted by Crippen LogP contribution is 2.28.